The largest absolute Gasteiger partial charge is 0.349 e. The molecule has 1 N–H and O–H groups in total. The van der Waals surface area contributed by atoms with E-state index in [2.05, 4.69) is 5.32 Å². The Bertz CT molecular complexity index is 593. The molecule has 3 heteroatoms. The second kappa shape index (κ2) is 7.39. The highest BCUT2D eigenvalue weighted by Gasteiger charge is 2.16. The van der Waals surface area contributed by atoms with Gasteiger partial charge in [0.1, 0.15) is 5.78 Å². The predicted molar refractivity (Wildman–Crippen MR) is 82.8 cm³/mol. The first-order valence-corrected chi connectivity index (χ1v) is 7.03. The number of ketones is 1. The third-order valence-corrected chi connectivity index (χ3v) is 3.24. The van der Waals surface area contributed by atoms with E-state index < -0.39 is 0 Å². The molecule has 0 bridgehead atoms. The second-order valence-electron chi connectivity index (χ2n) is 5.10. The van der Waals surface area contributed by atoms with Gasteiger partial charge in [0, 0.05) is 6.42 Å². The molecule has 0 radical (unpaired) electrons. The highest BCUT2D eigenvalue weighted by Crippen LogP contribution is 2.17. The topological polar surface area (TPSA) is 46.2 Å². The summed E-state index contributed by atoms with van der Waals surface area (Å²) in [5.74, 6) is -0.0137. The van der Waals surface area contributed by atoms with Crippen LogP contribution in [0.5, 0.6) is 0 Å². The summed E-state index contributed by atoms with van der Waals surface area (Å²) in [5, 5.41) is 2.95. The van der Waals surface area contributed by atoms with Gasteiger partial charge in [-0.05, 0) is 18.1 Å². The summed E-state index contributed by atoms with van der Waals surface area (Å²) >= 11 is 0. The van der Waals surface area contributed by atoms with Gasteiger partial charge < -0.3 is 5.32 Å². The zero-order valence-electron chi connectivity index (χ0n) is 12.1. The first kappa shape index (κ1) is 15.0. The molecule has 0 heterocycles. The molecule has 0 aliphatic carbocycles. The van der Waals surface area contributed by atoms with E-state index in [9.17, 15) is 9.59 Å². The molecule has 108 valence electrons. The molecule has 2 aromatic carbocycles. The number of rotatable bonds is 6. The van der Waals surface area contributed by atoms with Crippen LogP contribution >= 0.6 is 0 Å². The lowest BCUT2D eigenvalue weighted by molar-refractivity contribution is -0.122. The average Bonchev–Trinajstić information content (AvgIpc) is 2.48. The minimum Gasteiger partial charge on any atom is -0.349 e. The Morgan fingerprint density at radius 2 is 1.52 bits per heavy atom. The highest BCUT2D eigenvalue weighted by molar-refractivity contribution is 5.81. The maximum atomic E-state index is 12.2. The normalized spacial score (nSPS) is 11.7. The Labute approximate surface area is 125 Å². The number of hydrogen-bond donors (Lipinski definition) is 1. The summed E-state index contributed by atoms with van der Waals surface area (Å²) in [6.45, 7) is 1.54. The fourth-order valence-corrected chi connectivity index (χ4v) is 2.25. The van der Waals surface area contributed by atoms with Crippen molar-refractivity contribution in [2.45, 2.75) is 25.8 Å². The van der Waals surface area contributed by atoms with Crippen molar-refractivity contribution < 1.29 is 9.59 Å². The number of benzene rings is 2. The number of nitrogens with one attached hydrogen (secondary N) is 1. The van der Waals surface area contributed by atoms with Gasteiger partial charge in [0.25, 0.3) is 0 Å². The molecule has 0 aliphatic heterocycles. The van der Waals surface area contributed by atoms with Crippen molar-refractivity contribution in [1.29, 1.82) is 0 Å². The van der Waals surface area contributed by atoms with Gasteiger partial charge in [-0.3, -0.25) is 9.59 Å². The van der Waals surface area contributed by atoms with Crippen LogP contribution in [0.2, 0.25) is 0 Å². The van der Waals surface area contributed by atoms with Crippen molar-refractivity contribution in [2.75, 3.05) is 0 Å². The van der Waals surface area contributed by atoms with E-state index >= 15 is 0 Å². The fourth-order valence-electron chi connectivity index (χ4n) is 2.25. The molecule has 0 saturated carbocycles. The van der Waals surface area contributed by atoms with Gasteiger partial charge in [-0.25, -0.2) is 0 Å². The Morgan fingerprint density at radius 1 is 0.952 bits per heavy atom. The lowest BCUT2D eigenvalue weighted by Gasteiger charge is -2.18. The van der Waals surface area contributed by atoms with Crippen molar-refractivity contribution in [3.63, 3.8) is 0 Å². The molecular weight excluding hydrogens is 262 g/mol. The zero-order valence-corrected chi connectivity index (χ0v) is 12.1. The van der Waals surface area contributed by atoms with Gasteiger partial charge in [0.15, 0.2) is 0 Å². The Hall–Kier alpha value is -2.42. The Balaban J connectivity index is 2.05. The minimum absolute atomic E-state index is 0.0591. The molecule has 1 amide bonds. The molecule has 1 unspecified atom stereocenters. The number of Topliss-reactive ketones (excluding diaryl/α,β-unsaturated/α-hetero) is 1. The lowest BCUT2D eigenvalue weighted by Crippen LogP contribution is -2.31. The van der Waals surface area contributed by atoms with Crippen molar-refractivity contribution in [1.82, 2.24) is 5.32 Å². The van der Waals surface area contributed by atoms with Crippen LogP contribution < -0.4 is 5.32 Å². The van der Waals surface area contributed by atoms with Gasteiger partial charge >= 0.3 is 0 Å². The molecule has 1 atom stereocenters. The van der Waals surface area contributed by atoms with Crippen LogP contribution in [0.25, 0.3) is 0 Å². The van der Waals surface area contributed by atoms with Gasteiger partial charge in [-0.1, -0.05) is 60.7 Å². The third kappa shape index (κ3) is 4.88. The molecule has 3 nitrogen and oxygen atoms in total. The van der Waals surface area contributed by atoms with E-state index in [0.717, 1.165) is 11.1 Å². The quantitative estimate of drug-likeness (QED) is 0.884. The predicted octanol–water partition coefficient (Wildman–Crippen LogP) is 3.07. The molecule has 0 fully saturated rings. The monoisotopic (exact) mass is 281 g/mol. The fraction of sp³-hybridized carbons (Fsp3) is 0.222. The van der Waals surface area contributed by atoms with Gasteiger partial charge in [-0.15, -0.1) is 0 Å². The Kier molecular flexibility index (Phi) is 5.27. The van der Waals surface area contributed by atoms with E-state index in [4.69, 9.17) is 0 Å². The van der Waals surface area contributed by atoms with Crippen molar-refractivity contribution >= 4 is 11.7 Å². The van der Waals surface area contributed by atoms with Crippen LogP contribution in [0, 0.1) is 0 Å². The molecule has 2 rings (SSSR count). The summed E-state index contributed by atoms with van der Waals surface area (Å²) < 4.78 is 0. The van der Waals surface area contributed by atoms with Crippen LogP contribution in [-0.4, -0.2) is 11.7 Å². The maximum absolute atomic E-state index is 12.2. The smallest absolute Gasteiger partial charge is 0.224 e. The average molecular weight is 281 g/mol. The third-order valence-electron chi connectivity index (χ3n) is 3.24. The van der Waals surface area contributed by atoms with Crippen molar-refractivity contribution in [3.05, 3.63) is 71.8 Å². The van der Waals surface area contributed by atoms with Crippen LogP contribution in [0.15, 0.2) is 60.7 Å². The second-order valence-corrected chi connectivity index (χ2v) is 5.10. The summed E-state index contributed by atoms with van der Waals surface area (Å²) in [6, 6.07) is 18.9. The number of hydrogen-bond acceptors (Lipinski definition) is 2. The van der Waals surface area contributed by atoms with Crippen LogP contribution in [0.4, 0.5) is 0 Å². The molecule has 2 aromatic rings. The number of carbonyl (C=O) groups excluding carboxylic acids is 2. The van der Waals surface area contributed by atoms with E-state index in [-0.39, 0.29) is 17.7 Å². The Morgan fingerprint density at radius 3 is 2.10 bits per heavy atom. The van der Waals surface area contributed by atoms with Crippen LogP contribution in [0.1, 0.15) is 30.5 Å². The molecular formula is C18H19NO2. The molecule has 0 spiro atoms. The van der Waals surface area contributed by atoms with E-state index in [0.29, 0.717) is 12.8 Å². The van der Waals surface area contributed by atoms with Crippen LogP contribution in [0.3, 0.4) is 0 Å². The van der Waals surface area contributed by atoms with Gasteiger partial charge in [0.05, 0.1) is 12.5 Å². The standard InChI is InChI=1S/C18H19NO2/c1-14(20)12-17(16-10-6-3-7-11-16)19-18(21)13-15-8-4-2-5-9-15/h2-11,17H,12-13H2,1H3,(H,19,21). The van der Waals surface area contributed by atoms with Gasteiger partial charge in [0.2, 0.25) is 5.91 Å². The van der Waals surface area contributed by atoms with Crippen molar-refractivity contribution in [3.8, 4) is 0 Å². The summed E-state index contributed by atoms with van der Waals surface area (Å²) in [4.78, 5) is 23.6. The summed E-state index contributed by atoms with van der Waals surface area (Å²) in [7, 11) is 0. The highest BCUT2D eigenvalue weighted by atomic mass is 16.1. The lowest BCUT2D eigenvalue weighted by atomic mass is 10.0. The minimum atomic E-state index is -0.264. The van der Waals surface area contributed by atoms with Crippen LogP contribution in [-0.2, 0) is 16.0 Å². The maximum Gasteiger partial charge on any atom is 0.224 e. The first-order chi connectivity index (χ1) is 10.1. The van der Waals surface area contributed by atoms with Crippen molar-refractivity contribution in [2.24, 2.45) is 0 Å². The molecule has 0 aliphatic rings. The molecule has 21 heavy (non-hydrogen) atoms. The van der Waals surface area contributed by atoms with E-state index in [1.807, 2.05) is 60.7 Å². The summed E-state index contributed by atoms with van der Waals surface area (Å²) in [6.07, 6.45) is 0.632. The zero-order chi connectivity index (χ0) is 15.1. The number of amides is 1. The first-order valence-electron chi connectivity index (χ1n) is 7.03. The number of carbonyl (C=O) groups is 2. The van der Waals surface area contributed by atoms with E-state index in [1.165, 1.54) is 0 Å². The SMILES string of the molecule is CC(=O)CC(NC(=O)Cc1ccccc1)c1ccccc1. The molecule has 0 aromatic heterocycles. The molecule has 0 saturated heterocycles. The summed E-state index contributed by atoms with van der Waals surface area (Å²) in [5.41, 5.74) is 1.92. The van der Waals surface area contributed by atoms with E-state index in [1.54, 1.807) is 6.92 Å². The van der Waals surface area contributed by atoms with Gasteiger partial charge in [-0.2, -0.15) is 0 Å².